The van der Waals surface area contributed by atoms with E-state index in [0.29, 0.717) is 53.6 Å². The Morgan fingerprint density at radius 1 is 1.22 bits per heavy atom. The van der Waals surface area contributed by atoms with Crippen molar-refractivity contribution in [3.8, 4) is 5.75 Å². The second kappa shape index (κ2) is 10.7. The SMILES string of the molecule is COc1ccc(C2(C(=O)N(CCCc3ccc(C)o3)Cc3nc(C(=O)CS(N)(=O)=O)c(C)s3)CC2)nc1. The zero-order valence-electron chi connectivity index (χ0n) is 21.0. The molecule has 0 atom stereocenters. The van der Waals surface area contributed by atoms with E-state index in [4.69, 9.17) is 14.3 Å². The molecule has 1 aliphatic rings. The van der Waals surface area contributed by atoms with Crippen molar-refractivity contribution in [1.82, 2.24) is 14.9 Å². The van der Waals surface area contributed by atoms with Gasteiger partial charge < -0.3 is 14.1 Å². The summed E-state index contributed by atoms with van der Waals surface area (Å²) in [5, 5.41) is 5.59. The number of rotatable bonds is 12. The van der Waals surface area contributed by atoms with Crippen molar-refractivity contribution >= 4 is 33.1 Å². The molecule has 3 heterocycles. The summed E-state index contributed by atoms with van der Waals surface area (Å²) in [4.78, 5) is 37.5. The van der Waals surface area contributed by atoms with E-state index in [2.05, 4.69) is 9.97 Å². The molecule has 37 heavy (non-hydrogen) atoms. The number of hydrogen-bond acceptors (Lipinski definition) is 9. The largest absolute Gasteiger partial charge is 0.495 e. The molecule has 0 spiro atoms. The Kier molecular flexibility index (Phi) is 7.81. The van der Waals surface area contributed by atoms with Crippen molar-refractivity contribution in [2.75, 3.05) is 19.4 Å². The highest BCUT2D eigenvalue weighted by Crippen LogP contribution is 2.49. The minimum Gasteiger partial charge on any atom is -0.495 e. The van der Waals surface area contributed by atoms with Crippen molar-refractivity contribution in [2.45, 2.75) is 51.5 Å². The van der Waals surface area contributed by atoms with Gasteiger partial charge in [-0.25, -0.2) is 18.5 Å². The molecular formula is C25H30N4O6S2. The summed E-state index contributed by atoms with van der Waals surface area (Å²) in [6, 6.07) is 7.46. The van der Waals surface area contributed by atoms with Gasteiger partial charge in [-0.1, -0.05) is 0 Å². The number of carbonyl (C=O) groups excluding carboxylic acids is 2. The van der Waals surface area contributed by atoms with Crippen molar-refractivity contribution in [1.29, 1.82) is 0 Å². The standard InChI is InChI=1S/C25H30N4O6S2/c1-16-6-7-18(35-16)5-4-12-29(14-22-28-23(17(2)36-22)20(30)15-37(26,32)33)24(31)25(10-11-25)21-9-8-19(34-3)13-27-21/h6-9,13H,4-5,10-12,14-15H2,1-3H3,(H2,26,32,33). The number of primary sulfonamides is 1. The van der Waals surface area contributed by atoms with E-state index >= 15 is 0 Å². The first kappa shape index (κ1) is 27.0. The number of hydrogen-bond donors (Lipinski definition) is 1. The fourth-order valence-corrected chi connectivity index (χ4v) is 5.77. The van der Waals surface area contributed by atoms with Crippen LogP contribution in [0.2, 0.25) is 0 Å². The van der Waals surface area contributed by atoms with Crippen LogP contribution in [0.5, 0.6) is 5.75 Å². The zero-order chi connectivity index (χ0) is 26.8. The lowest BCUT2D eigenvalue weighted by atomic mass is 9.99. The summed E-state index contributed by atoms with van der Waals surface area (Å²) in [5.74, 6) is 0.784. The number of ketones is 1. The number of furan rings is 1. The van der Waals surface area contributed by atoms with Gasteiger partial charge in [-0.2, -0.15) is 0 Å². The first-order valence-corrected chi connectivity index (χ1v) is 14.4. The molecule has 0 radical (unpaired) electrons. The molecule has 1 fully saturated rings. The van der Waals surface area contributed by atoms with Gasteiger partial charge in [0.2, 0.25) is 15.9 Å². The van der Waals surface area contributed by atoms with Crippen molar-refractivity contribution in [3.05, 3.63) is 63.3 Å². The van der Waals surface area contributed by atoms with Crippen LogP contribution in [0.15, 0.2) is 34.9 Å². The molecule has 0 aromatic carbocycles. The smallest absolute Gasteiger partial charge is 0.235 e. The quantitative estimate of drug-likeness (QED) is 0.341. The molecule has 12 heteroatoms. The summed E-state index contributed by atoms with van der Waals surface area (Å²) in [5.41, 5.74) is 0.0706. The molecule has 1 saturated carbocycles. The van der Waals surface area contributed by atoms with E-state index in [9.17, 15) is 18.0 Å². The Labute approximate surface area is 219 Å². The molecule has 0 bridgehead atoms. The van der Waals surface area contributed by atoms with Crippen LogP contribution in [0.3, 0.4) is 0 Å². The average molecular weight is 547 g/mol. The van der Waals surface area contributed by atoms with E-state index in [0.717, 1.165) is 11.5 Å². The lowest BCUT2D eigenvalue weighted by molar-refractivity contribution is -0.134. The lowest BCUT2D eigenvalue weighted by Gasteiger charge is -2.26. The maximum atomic E-state index is 13.9. The highest BCUT2D eigenvalue weighted by atomic mass is 32.2. The van der Waals surface area contributed by atoms with Gasteiger partial charge in [0.1, 0.15) is 33.7 Å². The van der Waals surface area contributed by atoms with Gasteiger partial charge in [-0.3, -0.25) is 14.6 Å². The summed E-state index contributed by atoms with van der Waals surface area (Å²) >= 11 is 1.27. The van der Waals surface area contributed by atoms with Crippen LogP contribution >= 0.6 is 11.3 Å². The van der Waals surface area contributed by atoms with E-state index in [-0.39, 0.29) is 18.1 Å². The normalized spacial score (nSPS) is 14.4. The molecule has 2 N–H and O–H groups in total. The van der Waals surface area contributed by atoms with Crippen LogP contribution in [-0.4, -0.2) is 54.4 Å². The zero-order valence-corrected chi connectivity index (χ0v) is 22.7. The Hall–Kier alpha value is -3.09. The van der Waals surface area contributed by atoms with Gasteiger partial charge in [0.15, 0.2) is 5.78 Å². The number of pyridine rings is 1. The third-order valence-corrected chi connectivity index (χ3v) is 7.94. The maximum Gasteiger partial charge on any atom is 0.235 e. The Morgan fingerprint density at radius 2 is 1.97 bits per heavy atom. The number of thiazole rings is 1. The number of ether oxygens (including phenoxy) is 1. The van der Waals surface area contributed by atoms with Gasteiger partial charge in [-0.05, 0) is 57.4 Å². The molecule has 0 unspecified atom stereocenters. The van der Waals surface area contributed by atoms with Crippen molar-refractivity contribution < 1.29 is 27.2 Å². The van der Waals surface area contributed by atoms with Gasteiger partial charge in [0.25, 0.3) is 0 Å². The predicted molar refractivity (Wildman–Crippen MR) is 138 cm³/mol. The molecule has 198 valence electrons. The van der Waals surface area contributed by atoms with E-state index in [1.54, 1.807) is 31.2 Å². The number of aromatic nitrogens is 2. The average Bonchev–Trinajstić information content (AvgIpc) is 3.42. The van der Waals surface area contributed by atoms with Gasteiger partial charge in [-0.15, -0.1) is 11.3 Å². The first-order chi connectivity index (χ1) is 17.5. The number of aryl methyl sites for hydroxylation is 3. The first-order valence-electron chi connectivity index (χ1n) is 11.9. The number of nitrogens with zero attached hydrogens (tertiary/aromatic N) is 3. The minimum atomic E-state index is -3.97. The number of sulfonamides is 1. The number of carbonyl (C=O) groups is 2. The molecule has 3 aromatic heterocycles. The van der Waals surface area contributed by atoms with E-state index < -0.39 is 27.0 Å². The van der Waals surface area contributed by atoms with Gasteiger partial charge in [0, 0.05) is 17.8 Å². The summed E-state index contributed by atoms with van der Waals surface area (Å²) in [6.07, 6.45) is 4.33. The third-order valence-electron chi connectivity index (χ3n) is 6.32. The number of methoxy groups -OCH3 is 1. The van der Waals surface area contributed by atoms with Crippen LogP contribution in [-0.2, 0) is 33.2 Å². The van der Waals surface area contributed by atoms with Crippen LogP contribution in [0.25, 0.3) is 0 Å². The van der Waals surface area contributed by atoms with Gasteiger partial charge >= 0.3 is 0 Å². The molecule has 10 nitrogen and oxygen atoms in total. The molecule has 1 aliphatic carbocycles. The van der Waals surface area contributed by atoms with Crippen LogP contribution in [0.1, 0.15) is 56.9 Å². The van der Waals surface area contributed by atoms with Crippen LogP contribution < -0.4 is 9.88 Å². The molecule has 0 saturated heterocycles. The molecular weight excluding hydrogens is 516 g/mol. The number of amides is 1. The monoisotopic (exact) mass is 546 g/mol. The second-order valence-electron chi connectivity index (χ2n) is 9.25. The highest BCUT2D eigenvalue weighted by molar-refractivity contribution is 7.89. The van der Waals surface area contributed by atoms with Crippen LogP contribution in [0, 0.1) is 13.8 Å². The molecule has 0 aliphatic heterocycles. The predicted octanol–water partition coefficient (Wildman–Crippen LogP) is 2.92. The Bertz CT molecular complexity index is 1390. The fourth-order valence-electron chi connectivity index (χ4n) is 4.30. The molecule has 3 aromatic rings. The van der Waals surface area contributed by atoms with Crippen molar-refractivity contribution in [3.63, 3.8) is 0 Å². The Morgan fingerprint density at radius 3 is 2.54 bits per heavy atom. The molecule has 4 rings (SSSR count). The summed E-state index contributed by atoms with van der Waals surface area (Å²) < 4.78 is 33.6. The number of nitrogens with two attached hydrogens (primary N) is 1. The summed E-state index contributed by atoms with van der Waals surface area (Å²) in [7, 11) is -2.41. The summed E-state index contributed by atoms with van der Waals surface area (Å²) in [6.45, 7) is 4.24. The van der Waals surface area contributed by atoms with Crippen molar-refractivity contribution in [2.24, 2.45) is 5.14 Å². The van der Waals surface area contributed by atoms with Gasteiger partial charge in [0.05, 0.1) is 31.0 Å². The highest BCUT2D eigenvalue weighted by Gasteiger charge is 2.54. The third kappa shape index (κ3) is 6.43. The fraction of sp³-hybridized carbons (Fsp3) is 0.440. The number of Topliss-reactive ketones (excluding diaryl/α,β-unsaturated/α-hetero) is 1. The minimum absolute atomic E-state index is 0.0499. The van der Waals surface area contributed by atoms with E-state index in [1.807, 2.05) is 25.1 Å². The van der Waals surface area contributed by atoms with Crippen LogP contribution in [0.4, 0.5) is 0 Å². The lowest BCUT2D eigenvalue weighted by Crippen LogP contribution is -2.40. The Balaban J connectivity index is 1.55. The van der Waals surface area contributed by atoms with E-state index in [1.165, 1.54) is 11.3 Å². The second-order valence-corrected chi connectivity index (χ2v) is 12.2. The molecule has 1 amide bonds. The maximum absolute atomic E-state index is 13.9. The topological polar surface area (TPSA) is 146 Å².